The van der Waals surface area contributed by atoms with Crippen LogP contribution in [0.4, 0.5) is 13.2 Å². The number of alkyl halides is 3. The van der Waals surface area contributed by atoms with E-state index < -0.39 is 23.5 Å². The minimum atomic E-state index is -4.67. The van der Waals surface area contributed by atoms with Crippen molar-refractivity contribution in [2.45, 2.75) is 6.18 Å². The monoisotopic (exact) mass is 230 g/mol. The third-order valence-corrected chi connectivity index (χ3v) is 1.68. The number of aromatic nitrogens is 1. The molecule has 0 spiro atoms. The molecule has 0 saturated carbocycles. The fourth-order valence-corrected chi connectivity index (χ4v) is 0.960. The highest BCUT2D eigenvalue weighted by atomic mass is 19.4. The Bertz CT molecular complexity index is 463. The van der Waals surface area contributed by atoms with Crippen LogP contribution in [0.2, 0.25) is 0 Å². The van der Waals surface area contributed by atoms with E-state index >= 15 is 0 Å². The molecule has 0 aliphatic heterocycles. The van der Waals surface area contributed by atoms with E-state index in [0.29, 0.717) is 6.07 Å². The second kappa shape index (κ2) is 4.18. The van der Waals surface area contributed by atoms with Gasteiger partial charge < -0.3 is 4.74 Å². The molecule has 7 heteroatoms. The predicted molar refractivity (Wildman–Crippen MR) is 45.3 cm³/mol. The van der Waals surface area contributed by atoms with Crippen molar-refractivity contribution in [3.8, 4) is 6.07 Å². The molecule has 4 nitrogen and oxygen atoms in total. The second-order valence-electron chi connectivity index (χ2n) is 2.69. The van der Waals surface area contributed by atoms with Crippen LogP contribution < -0.4 is 0 Å². The second-order valence-corrected chi connectivity index (χ2v) is 2.69. The van der Waals surface area contributed by atoms with Crippen molar-refractivity contribution in [3.05, 3.63) is 29.1 Å². The molecule has 0 aromatic carbocycles. The summed E-state index contributed by atoms with van der Waals surface area (Å²) in [5, 5.41) is 8.58. The summed E-state index contributed by atoms with van der Waals surface area (Å²) in [5.74, 6) is -1.08. The zero-order valence-corrected chi connectivity index (χ0v) is 8.00. The Labute approximate surface area is 88.3 Å². The number of nitriles is 1. The molecule has 1 aromatic rings. The summed E-state index contributed by atoms with van der Waals surface area (Å²) < 4.78 is 41.0. The van der Waals surface area contributed by atoms with Gasteiger partial charge in [0.25, 0.3) is 0 Å². The van der Waals surface area contributed by atoms with E-state index in [1.165, 1.54) is 0 Å². The van der Waals surface area contributed by atoms with Crippen LogP contribution in [-0.2, 0) is 10.9 Å². The number of nitrogens with zero attached hydrogens (tertiary/aromatic N) is 2. The predicted octanol–water partition coefficient (Wildman–Crippen LogP) is 1.76. The van der Waals surface area contributed by atoms with Crippen LogP contribution in [-0.4, -0.2) is 18.1 Å². The summed E-state index contributed by atoms with van der Waals surface area (Å²) >= 11 is 0. The van der Waals surface area contributed by atoms with Crippen molar-refractivity contribution in [1.29, 1.82) is 5.26 Å². The van der Waals surface area contributed by atoms with E-state index in [4.69, 9.17) is 5.26 Å². The van der Waals surface area contributed by atoms with Crippen molar-refractivity contribution in [2.75, 3.05) is 7.11 Å². The molecule has 1 rings (SSSR count). The van der Waals surface area contributed by atoms with Crippen molar-refractivity contribution in [1.82, 2.24) is 4.98 Å². The molecular formula is C9H5F3N2O2. The van der Waals surface area contributed by atoms with E-state index in [0.717, 1.165) is 13.2 Å². The van der Waals surface area contributed by atoms with Gasteiger partial charge >= 0.3 is 12.1 Å². The van der Waals surface area contributed by atoms with Gasteiger partial charge in [0.1, 0.15) is 11.8 Å². The summed E-state index contributed by atoms with van der Waals surface area (Å²) in [5.41, 5.74) is -2.15. The van der Waals surface area contributed by atoms with E-state index in [1.54, 1.807) is 6.07 Å². The average Bonchev–Trinajstić information content (AvgIpc) is 2.25. The van der Waals surface area contributed by atoms with Crippen LogP contribution in [0.25, 0.3) is 0 Å². The highest BCUT2D eigenvalue weighted by Crippen LogP contribution is 2.28. The Morgan fingerprint density at radius 2 is 2.12 bits per heavy atom. The molecule has 0 aliphatic carbocycles. The first kappa shape index (κ1) is 12.0. The maximum absolute atomic E-state index is 12.3. The smallest absolute Gasteiger partial charge is 0.433 e. The third kappa shape index (κ3) is 2.28. The molecule has 16 heavy (non-hydrogen) atoms. The molecule has 0 fully saturated rings. The number of ether oxygens (including phenoxy) is 1. The molecule has 0 amide bonds. The fraction of sp³-hybridized carbons (Fsp3) is 0.222. The SMILES string of the molecule is COC(=O)c1nc(C(F)(F)F)ccc1C#N. The van der Waals surface area contributed by atoms with Crippen molar-refractivity contribution >= 4 is 5.97 Å². The number of hydrogen-bond donors (Lipinski definition) is 0. The number of methoxy groups -OCH3 is 1. The van der Waals surface area contributed by atoms with Crippen LogP contribution in [0.1, 0.15) is 21.7 Å². The molecule has 0 saturated heterocycles. The van der Waals surface area contributed by atoms with E-state index in [9.17, 15) is 18.0 Å². The van der Waals surface area contributed by atoms with Gasteiger partial charge in [-0.1, -0.05) is 0 Å². The number of carbonyl (C=O) groups excluding carboxylic acids is 1. The van der Waals surface area contributed by atoms with E-state index in [1.807, 2.05) is 0 Å². The topological polar surface area (TPSA) is 63.0 Å². The maximum Gasteiger partial charge on any atom is 0.433 e. The van der Waals surface area contributed by atoms with Gasteiger partial charge in [-0.2, -0.15) is 18.4 Å². The van der Waals surface area contributed by atoms with Gasteiger partial charge in [0.05, 0.1) is 12.7 Å². The largest absolute Gasteiger partial charge is 0.464 e. The fourth-order valence-electron chi connectivity index (χ4n) is 0.960. The van der Waals surface area contributed by atoms with E-state index in [2.05, 4.69) is 9.72 Å². The molecular weight excluding hydrogens is 225 g/mol. The Balaban J connectivity index is 3.34. The molecule has 0 atom stereocenters. The highest BCUT2D eigenvalue weighted by Gasteiger charge is 2.33. The average molecular weight is 230 g/mol. The number of halogens is 3. The Morgan fingerprint density at radius 1 is 1.50 bits per heavy atom. The number of hydrogen-bond acceptors (Lipinski definition) is 4. The molecule has 0 N–H and O–H groups in total. The lowest BCUT2D eigenvalue weighted by Crippen LogP contribution is -2.14. The first-order valence-corrected chi connectivity index (χ1v) is 3.96. The van der Waals surface area contributed by atoms with Crippen LogP contribution in [0.5, 0.6) is 0 Å². The Hall–Kier alpha value is -2.10. The number of pyridine rings is 1. The minimum absolute atomic E-state index is 0.264. The molecule has 84 valence electrons. The third-order valence-electron chi connectivity index (χ3n) is 1.68. The Morgan fingerprint density at radius 3 is 2.56 bits per heavy atom. The Kier molecular flexibility index (Phi) is 3.13. The van der Waals surface area contributed by atoms with Crippen LogP contribution in [0, 0.1) is 11.3 Å². The van der Waals surface area contributed by atoms with E-state index in [-0.39, 0.29) is 5.56 Å². The summed E-state index contributed by atoms with van der Waals surface area (Å²) in [4.78, 5) is 14.1. The van der Waals surface area contributed by atoms with Gasteiger partial charge in [-0.05, 0) is 12.1 Å². The zero-order chi connectivity index (χ0) is 12.3. The molecule has 1 aromatic heterocycles. The lowest BCUT2D eigenvalue weighted by atomic mass is 10.2. The number of carbonyl (C=O) groups is 1. The molecule has 0 radical (unpaired) electrons. The molecule has 0 bridgehead atoms. The summed E-state index contributed by atoms with van der Waals surface area (Å²) in [7, 11) is 0.991. The minimum Gasteiger partial charge on any atom is -0.464 e. The highest BCUT2D eigenvalue weighted by molar-refractivity contribution is 5.89. The molecule has 0 aliphatic rings. The van der Waals surface area contributed by atoms with Crippen molar-refractivity contribution < 1.29 is 22.7 Å². The maximum atomic E-state index is 12.3. The van der Waals surface area contributed by atoms with Crippen LogP contribution >= 0.6 is 0 Å². The van der Waals surface area contributed by atoms with Crippen LogP contribution in [0.3, 0.4) is 0 Å². The first-order chi connectivity index (χ1) is 7.40. The summed E-state index contributed by atoms with van der Waals surface area (Å²) in [6, 6.07) is 3.07. The lowest BCUT2D eigenvalue weighted by Gasteiger charge is -2.07. The number of rotatable bonds is 1. The molecule has 0 unspecified atom stereocenters. The van der Waals surface area contributed by atoms with Crippen LogP contribution in [0.15, 0.2) is 12.1 Å². The van der Waals surface area contributed by atoms with Gasteiger partial charge in [-0.3, -0.25) is 0 Å². The van der Waals surface area contributed by atoms with Gasteiger partial charge in [-0.25, -0.2) is 9.78 Å². The summed E-state index contributed by atoms with van der Waals surface area (Å²) in [6.07, 6.45) is -4.67. The standard InChI is InChI=1S/C9H5F3N2O2/c1-16-8(15)7-5(4-13)2-3-6(14-7)9(10,11)12/h2-3H,1H3. The quantitative estimate of drug-likeness (QED) is 0.689. The first-order valence-electron chi connectivity index (χ1n) is 3.96. The normalized spacial score (nSPS) is 10.7. The number of esters is 1. The van der Waals surface area contributed by atoms with Gasteiger partial charge in [-0.15, -0.1) is 0 Å². The van der Waals surface area contributed by atoms with Crippen molar-refractivity contribution in [3.63, 3.8) is 0 Å². The van der Waals surface area contributed by atoms with Gasteiger partial charge in [0.15, 0.2) is 5.69 Å². The van der Waals surface area contributed by atoms with Crippen molar-refractivity contribution in [2.24, 2.45) is 0 Å². The zero-order valence-electron chi connectivity index (χ0n) is 8.00. The molecule has 1 heterocycles. The summed E-state index contributed by atoms with van der Waals surface area (Å²) in [6.45, 7) is 0. The lowest BCUT2D eigenvalue weighted by molar-refractivity contribution is -0.141. The van der Waals surface area contributed by atoms with Gasteiger partial charge in [0.2, 0.25) is 0 Å². The van der Waals surface area contributed by atoms with Gasteiger partial charge in [0, 0.05) is 0 Å².